The maximum absolute atomic E-state index is 13.2. The van der Waals surface area contributed by atoms with E-state index in [2.05, 4.69) is 46.0 Å². The third-order valence-electron chi connectivity index (χ3n) is 4.92. The van der Waals surface area contributed by atoms with Crippen LogP contribution in [-0.4, -0.2) is 65.1 Å². The third-order valence-corrected chi connectivity index (χ3v) is 4.92. The summed E-state index contributed by atoms with van der Waals surface area (Å²) in [4.78, 5) is 12.9. The molecule has 0 atom stereocenters. The van der Waals surface area contributed by atoms with Crippen LogP contribution in [0.2, 0.25) is 0 Å². The number of anilines is 1. The monoisotopic (exact) mass is 363 g/mol. The summed E-state index contributed by atoms with van der Waals surface area (Å²) in [6, 6.07) is 7.28. The van der Waals surface area contributed by atoms with Crippen molar-refractivity contribution in [2.24, 2.45) is 0 Å². The summed E-state index contributed by atoms with van der Waals surface area (Å²) < 4.78 is 26.3. The number of benzene rings is 1. The van der Waals surface area contributed by atoms with Gasteiger partial charge < -0.3 is 15.1 Å². The predicted octanol–water partition coefficient (Wildman–Crippen LogP) is 3.40. The molecule has 0 aliphatic carbocycles. The normalized spacial score (nSPS) is 17.2. The first-order valence-corrected chi connectivity index (χ1v) is 9.08. The van der Waals surface area contributed by atoms with Crippen LogP contribution in [0.5, 0.6) is 0 Å². The van der Waals surface area contributed by atoms with Crippen molar-refractivity contribution in [1.82, 2.24) is 19.8 Å². The number of hydrogen-bond acceptors (Lipinski definition) is 5. The fraction of sp³-hybridized carbons (Fsp3) is 0.579. The number of nitrogens with zero attached hydrogens (tertiary/aromatic N) is 4. The van der Waals surface area contributed by atoms with Gasteiger partial charge in [0.25, 0.3) is 6.43 Å². The van der Waals surface area contributed by atoms with Crippen molar-refractivity contribution in [2.45, 2.75) is 32.2 Å². The Hall–Kier alpha value is -1.86. The molecule has 0 amide bonds. The number of halogens is 2. The lowest BCUT2D eigenvalue weighted by Gasteiger charge is -2.35. The summed E-state index contributed by atoms with van der Waals surface area (Å²) in [7, 11) is 2.14. The molecule has 1 aromatic carbocycles. The molecule has 2 aromatic rings. The molecule has 1 N–H and O–H groups in total. The van der Waals surface area contributed by atoms with E-state index in [4.69, 9.17) is 0 Å². The highest BCUT2D eigenvalue weighted by molar-refractivity contribution is 5.89. The molecule has 0 radical (unpaired) electrons. The Labute approximate surface area is 153 Å². The van der Waals surface area contributed by atoms with Gasteiger partial charge in [0.15, 0.2) is 5.82 Å². The molecule has 1 fully saturated rings. The molecule has 1 aliphatic heterocycles. The van der Waals surface area contributed by atoms with Gasteiger partial charge in [-0.05, 0) is 39.4 Å². The molecule has 5 nitrogen and oxygen atoms in total. The first kappa shape index (κ1) is 18.9. The second-order valence-corrected chi connectivity index (χ2v) is 7.65. The van der Waals surface area contributed by atoms with E-state index in [0.717, 1.165) is 44.5 Å². The smallest absolute Gasteiger partial charge is 0.297 e. The highest BCUT2D eigenvalue weighted by Crippen LogP contribution is 2.27. The zero-order valence-corrected chi connectivity index (χ0v) is 15.7. The maximum Gasteiger partial charge on any atom is 0.297 e. The van der Waals surface area contributed by atoms with Gasteiger partial charge in [-0.1, -0.05) is 12.1 Å². The van der Waals surface area contributed by atoms with Gasteiger partial charge in [0, 0.05) is 43.6 Å². The van der Waals surface area contributed by atoms with Crippen LogP contribution < -0.4 is 5.32 Å². The first-order valence-electron chi connectivity index (χ1n) is 9.08. The lowest BCUT2D eigenvalue weighted by atomic mass is 9.99. The standard InChI is InChI=1S/C19H27F2N5/c1-19(2,8-9-26-12-10-25(3)11-13-26)24-17-14-6-4-5-7-15(14)22-18(23-17)16(20)21/h4-7,16H,8-13H2,1-3H3,(H,22,23,24). The average molecular weight is 363 g/mol. The van der Waals surface area contributed by atoms with Gasteiger partial charge in [-0.25, -0.2) is 18.7 Å². The number of aromatic nitrogens is 2. The summed E-state index contributed by atoms with van der Waals surface area (Å²) in [6.07, 6.45) is -1.78. The minimum Gasteiger partial charge on any atom is -0.365 e. The topological polar surface area (TPSA) is 44.3 Å². The minimum atomic E-state index is -2.69. The molecule has 0 unspecified atom stereocenters. The average Bonchev–Trinajstić information content (AvgIpc) is 2.61. The molecule has 1 saturated heterocycles. The summed E-state index contributed by atoms with van der Waals surface area (Å²) in [5, 5.41) is 4.15. The summed E-state index contributed by atoms with van der Waals surface area (Å²) in [5.74, 6) is 0.0512. The predicted molar refractivity (Wildman–Crippen MR) is 101 cm³/mol. The van der Waals surface area contributed by atoms with Crippen LogP contribution in [0.15, 0.2) is 24.3 Å². The van der Waals surface area contributed by atoms with Crippen LogP contribution in [0.25, 0.3) is 10.9 Å². The molecule has 2 heterocycles. The minimum absolute atomic E-state index is 0.264. The molecule has 142 valence electrons. The molecule has 3 rings (SSSR count). The number of nitrogens with one attached hydrogen (secondary N) is 1. The van der Waals surface area contributed by atoms with Crippen molar-refractivity contribution < 1.29 is 8.78 Å². The van der Waals surface area contributed by atoms with Gasteiger partial charge in [-0.15, -0.1) is 0 Å². The van der Waals surface area contributed by atoms with Crippen LogP contribution in [0, 0.1) is 0 Å². The molecule has 0 bridgehead atoms. The maximum atomic E-state index is 13.2. The van der Waals surface area contributed by atoms with E-state index < -0.39 is 12.2 Å². The van der Waals surface area contributed by atoms with E-state index in [9.17, 15) is 8.78 Å². The van der Waals surface area contributed by atoms with Gasteiger partial charge >= 0.3 is 0 Å². The third kappa shape index (κ3) is 4.65. The van der Waals surface area contributed by atoms with Gasteiger partial charge in [0.1, 0.15) is 5.82 Å². The molecule has 0 spiro atoms. The highest BCUT2D eigenvalue weighted by atomic mass is 19.3. The van der Waals surface area contributed by atoms with Gasteiger partial charge in [-0.2, -0.15) is 0 Å². The van der Waals surface area contributed by atoms with Crippen LogP contribution in [0.3, 0.4) is 0 Å². The van der Waals surface area contributed by atoms with Crippen molar-refractivity contribution in [1.29, 1.82) is 0 Å². The zero-order valence-electron chi connectivity index (χ0n) is 15.7. The van der Waals surface area contributed by atoms with Crippen molar-refractivity contribution >= 4 is 16.7 Å². The van der Waals surface area contributed by atoms with Crippen LogP contribution in [0.4, 0.5) is 14.6 Å². The summed E-state index contributed by atoms with van der Waals surface area (Å²) in [6.45, 7) is 9.45. The zero-order chi connectivity index (χ0) is 18.7. The fourth-order valence-electron chi connectivity index (χ4n) is 3.18. The molecular weight excluding hydrogens is 336 g/mol. The molecule has 26 heavy (non-hydrogen) atoms. The van der Waals surface area contributed by atoms with E-state index in [1.807, 2.05) is 12.1 Å². The van der Waals surface area contributed by atoms with Crippen molar-refractivity contribution in [3.63, 3.8) is 0 Å². The number of rotatable bonds is 6. The lowest BCUT2D eigenvalue weighted by Crippen LogP contribution is -2.46. The number of hydrogen-bond donors (Lipinski definition) is 1. The van der Waals surface area contributed by atoms with Crippen molar-refractivity contribution in [3.05, 3.63) is 30.1 Å². The number of piperazine rings is 1. The largest absolute Gasteiger partial charge is 0.365 e. The Bertz CT molecular complexity index is 742. The Morgan fingerprint density at radius 2 is 1.81 bits per heavy atom. The number of para-hydroxylation sites is 1. The van der Waals surface area contributed by atoms with E-state index in [1.165, 1.54) is 0 Å². The SMILES string of the molecule is CN1CCN(CCC(C)(C)Nc2nc(C(F)F)nc3ccccc23)CC1. The fourth-order valence-corrected chi connectivity index (χ4v) is 3.18. The van der Waals surface area contributed by atoms with Gasteiger partial charge in [-0.3, -0.25) is 0 Å². The second-order valence-electron chi connectivity index (χ2n) is 7.65. The Morgan fingerprint density at radius 1 is 1.12 bits per heavy atom. The molecule has 0 saturated carbocycles. The number of likely N-dealkylation sites (N-methyl/N-ethyl adjacent to an activating group) is 1. The van der Waals surface area contributed by atoms with Crippen LogP contribution >= 0.6 is 0 Å². The lowest BCUT2D eigenvalue weighted by molar-refractivity contribution is 0.140. The molecule has 7 heteroatoms. The summed E-state index contributed by atoms with van der Waals surface area (Å²) >= 11 is 0. The Kier molecular flexibility index (Phi) is 5.67. The Morgan fingerprint density at radius 3 is 2.50 bits per heavy atom. The highest BCUT2D eigenvalue weighted by Gasteiger charge is 2.23. The molecule has 1 aliphatic rings. The van der Waals surface area contributed by atoms with E-state index in [0.29, 0.717) is 11.3 Å². The molecular formula is C19H27F2N5. The van der Waals surface area contributed by atoms with Gasteiger partial charge in [0.2, 0.25) is 0 Å². The second kappa shape index (κ2) is 7.80. The van der Waals surface area contributed by atoms with Crippen LogP contribution in [-0.2, 0) is 0 Å². The number of alkyl halides is 2. The van der Waals surface area contributed by atoms with E-state index in [1.54, 1.807) is 12.1 Å². The first-order chi connectivity index (χ1) is 12.3. The Balaban J connectivity index is 1.74. The summed E-state index contributed by atoms with van der Waals surface area (Å²) in [5.41, 5.74) is 0.273. The van der Waals surface area contributed by atoms with E-state index >= 15 is 0 Å². The van der Waals surface area contributed by atoms with Crippen molar-refractivity contribution in [3.8, 4) is 0 Å². The van der Waals surface area contributed by atoms with E-state index in [-0.39, 0.29) is 5.54 Å². The van der Waals surface area contributed by atoms with Crippen molar-refractivity contribution in [2.75, 3.05) is 45.1 Å². The quantitative estimate of drug-likeness (QED) is 0.852. The van der Waals surface area contributed by atoms with Gasteiger partial charge in [0.05, 0.1) is 5.52 Å². The number of fused-ring (bicyclic) bond motifs is 1. The molecule has 1 aromatic heterocycles. The van der Waals surface area contributed by atoms with Crippen LogP contribution in [0.1, 0.15) is 32.5 Å².